The molecule has 0 aromatic heterocycles. The van der Waals surface area contributed by atoms with Gasteiger partial charge in [-0.15, -0.1) is 0 Å². The van der Waals surface area contributed by atoms with Crippen molar-refractivity contribution in [1.82, 2.24) is 15.1 Å². The first kappa shape index (κ1) is 18.7. The first-order valence-electron chi connectivity index (χ1n) is 8.00. The maximum Gasteiger partial charge on any atom is 0.389 e. The van der Waals surface area contributed by atoms with Crippen molar-refractivity contribution in [3.05, 3.63) is 0 Å². The quantitative estimate of drug-likeness (QED) is 0.744. The Morgan fingerprint density at radius 3 is 2.57 bits per heavy atom. The van der Waals surface area contributed by atoms with Crippen molar-refractivity contribution < 1.29 is 13.2 Å². The Kier molecular flexibility index (Phi) is 7.98. The fourth-order valence-corrected chi connectivity index (χ4v) is 2.88. The molecule has 0 aromatic carbocycles. The Morgan fingerprint density at radius 1 is 1.24 bits per heavy atom. The van der Waals surface area contributed by atoms with Gasteiger partial charge in [-0.1, -0.05) is 6.92 Å². The molecule has 2 unspecified atom stereocenters. The summed E-state index contributed by atoms with van der Waals surface area (Å²) in [5.74, 6) is 0. The minimum atomic E-state index is -4.03. The van der Waals surface area contributed by atoms with Crippen LogP contribution < -0.4 is 5.32 Å². The second kappa shape index (κ2) is 8.96. The van der Waals surface area contributed by atoms with Crippen LogP contribution >= 0.6 is 0 Å². The van der Waals surface area contributed by atoms with E-state index in [0.29, 0.717) is 12.5 Å². The second-order valence-corrected chi connectivity index (χ2v) is 6.29. The molecule has 0 saturated carbocycles. The molecule has 1 fully saturated rings. The summed E-state index contributed by atoms with van der Waals surface area (Å²) in [6, 6.07) is 0.621. The van der Waals surface area contributed by atoms with E-state index in [0.717, 1.165) is 39.0 Å². The maximum absolute atomic E-state index is 12.3. The summed E-state index contributed by atoms with van der Waals surface area (Å²) in [4.78, 5) is 4.64. The van der Waals surface area contributed by atoms with Crippen molar-refractivity contribution in [2.45, 2.75) is 57.3 Å². The number of hydrogen-bond donors (Lipinski definition) is 1. The third kappa shape index (κ3) is 8.02. The van der Waals surface area contributed by atoms with Gasteiger partial charge in [-0.2, -0.15) is 13.2 Å². The van der Waals surface area contributed by atoms with E-state index >= 15 is 0 Å². The monoisotopic (exact) mass is 309 g/mol. The Balaban J connectivity index is 2.44. The number of halogens is 3. The highest BCUT2D eigenvalue weighted by molar-refractivity contribution is 4.83. The van der Waals surface area contributed by atoms with E-state index in [1.165, 1.54) is 0 Å². The summed E-state index contributed by atoms with van der Waals surface area (Å²) in [7, 11) is 4.22. The van der Waals surface area contributed by atoms with Gasteiger partial charge in [-0.25, -0.2) is 0 Å². The summed E-state index contributed by atoms with van der Waals surface area (Å²) < 4.78 is 36.9. The molecule has 126 valence electrons. The lowest BCUT2D eigenvalue weighted by Crippen LogP contribution is -2.52. The highest BCUT2D eigenvalue weighted by Gasteiger charge is 2.28. The van der Waals surface area contributed by atoms with Crippen LogP contribution in [0.4, 0.5) is 13.2 Å². The molecular weight excluding hydrogens is 279 g/mol. The molecule has 1 aliphatic rings. The number of alkyl halides is 3. The van der Waals surface area contributed by atoms with Gasteiger partial charge < -0.3 is 15.1 Å². The summed E-state index contributed by atoms with van der Waals surface area (Å²) in [6.07, 6.45) is -1.94. The van der Waals surface area contributed by atoms with E-state index in [9.17, 15) is 13.2 Å². The maximum atomic E-state index is 12.3. The number of nitrogens with one attached hydrogen (secondary N) is 1. The van der Waals surface area contributed by atoms with Gasteiger partial charge in [0.05, 0.1) is 0 Å². The van der Waals surface area contributed by atoms with Gasteiger partial charge in [0.2, 0.25) is 0 Å². The first-order chi connectivity index (χ1) is 9.81. The molecule has 0 amide bonds. The minimum Gasteiger partial charge on any atom is -0.314 e. The Bertz CT molecular complexity index is 284. The molecular formula is C15H30F3N3. The van der Waals surface area contributed by atoms with Crippen LogP contribution in [0.25, 0.3) is 0 Å². The van der Waals surface area contributed by atoms with E-state index in [2.05, 4.69) is 36.1 Å². The molecule has 0 aliphatic carbocycles. The van der Waals surface area contributed by atoms with Crippen LogP contribution in [0.1, 0.15) is 39.0 Å². The second-order valence-electron chi connectivity index (χ2n) is 6.29. The van der Waals surface area contributed by atoms with Crippen molar-refractivity contribution in [2.24, 2.45) is 0 Å². The van der Waals surface area contributed by atoms with Crippen molar-refractivity contribution in [2.75, 3.05) is 40.3 Å². The molecule has 2 atom stereocenters. The van der Waals surface area contributed by atoms with Gasteiger partial charge >= 0.3 is 6.18 Å². The molecule has 3 nitrogen and oxygen atoms in total. The molecule has 1 rings (SSSR count). The van der Waals surface area contributed by atoms with Crippen LogP contribution in [0.5, 0.6) is 0 Å². The molecule has 1 saturated heterocycles. The molecule has 0 aromatic rings. The standard InChI is InChI=1S/C15H30F3N3/c1-4-8-19-13(6-5-7-15(16,17)18)11-14-12-20(2)9-10-21(14)3/h13-14,19H,4-12H2,1-3H3. The average Bonchev–Trinajstić information content (AvgIpc) is 2.38. The lowest BCUT2D eigenvalue weighted by Gasteiger charge is -2.39. The zero-order valence-electron chi connectivity index (χ0n) is 13.5. The lowest BCUT2D eigenvalue weighted by atomic mass is 9.98. The van der Waals surface area contributed by atoms with Crippen molar-refractivity contribution in [3.8, 4) is 0 Å². The lowest BCUT2D eigenvalue weighted by molar-refractivity contribution is -0.135. The molecule has 1 heterocycles. The van der Waals surface area contributed by atoms with Crippen LogP contribution in [0.3, 0.4) is 0 Å². The predicted molar refractivity (Wildman–Crippen MR) is 80.5 cm³/mol. The van der Waals surface area contributed by atoms with Crippen LogP contribution in [-0.4, -0.2) is 68.3 Å². The fraction of sp³-hybridized carbons (Fsp3) is 1.00. The predicted octanol–water partition coefficient (Wildman–Crippen LogP) is 2.72. The van der Waals surface area contributed by atoms with Crippen molar-refractivity contribution in [1.29, 1.82) is 0 Å². The van der Waals surface area contributed by atoms with Crippen molar-refractivity contribution in [3.63, 3.8) is 0 Å². The van der Waals surface area contributed by atoms with Crippen LogP contribution in [-0.2, 0) is 0 Å². The summed E-state index contributed by atoms with van der Waals surface area (Å²) in [6.45, 7) is 6.06. The van der Waals surface area contributed by atoms with E-state index in [4.69, 9.17) is 0 Å². The van der Waals surface area contributed by atoms with E-state index < -0.39 is 12.6 Å². The Morgan fingerprint density at radius 2 is 1.95 bits per heavy atom. The summed E-state index contributed by atoms with van der Waals surface area (Å²) >= 11 is 0. The largest absolute Gasteiger partial charge is 0.389 e. The number of piperazine rings is 1. The van der Waals surface area contributed by atoms with E-state index in [1.807, 2.05) is 0 Å². The normalized spacial score (nSPS) is 23.4. The Labute approximate surface area is 126 Å². The topological polar surface area (TPSA) is 18.5 Å². The van der Waals surface area contributed by atoms with Gasteiger partial charge in [0.15, 0.2) is 0 Å². The SMILES string of the molecule is CCCNC(CCCC(F)(F)F)CC1CN(C)CCN1C. The van der Waals surface area contributed by atoms with Gasteiger partial charge in [0, 0.05) is 38.1 Å². The zero-order chi connectivity index (χ0) is 15.9. The molecule has 6 heteroatoms. The zero-order valence-corrected chi connectivity index (χ0v) is 13.5. The number of nitrogens with zero attached hydrogens (tertiary/aromatic N) is 2. The molecule has 1 aliphatic heterocycles. The highest BCUT2D eigenvalue weighted by Crippen LogP contribution is 2.24. The highest BCUT2D eigenvalue weighted by atomic mass is 19.4. The van der Waals surface area contributed by atoms with Gasteiger partial charge in [-0.3, -0.25) is 0 Å². The minimum absolute atomic E-state index is 0.186. The molecule has 0 radical (unpaired) electrons. The third-order valence-electron chi connectivity index (χ3n) is 4.23. The average molecular weight is 309 g/mol. The molecule has 0 spiro atoms. The molecule has 21 heavy (non-hydrogen) atoms. The number of rotatable bonds is 8. The summed E-state index contributed by atoms with van der Waals surface area (Å²) in [5, 5.41) is 3.43. The van der Waals surface area contributed by atoms with E-state index in [-0.39, 0.29) is 12.5 Å². The third-order valence-corrected chi connectivity index (χ3v) is 4.23. The first-order valence-corrected chi connectivity index (χ1v) is 8.00. The Hall–Kier alpha value is -0.330. The number of hydrogen-bond acceptors (Lipinski definition) is 3. The van der Waals surface area contributed by atoms with Crippen LogP contribution in [0.15, 0.2) is 0 Å². The fourth-order valence-electron chi connectivity index (χ4n) is 2.88. The van der Waals surface area contributed by atoms with Gasteiger partial charge in [-0.05, 0) is 46.3 Å². The van der Waals surface area contributed by atoms with Gasteiger partial charge in [0.1, 0.15) is 0 Å². The van der Waals surface area contributed by atoms with Crippen molar-refractivity contribution >= 4 is 0 Å². The smallest absolute Gasteiger partial charge is 0.314 e. The molecule has 1 N–H and O–H groups in total. The van der Waals surface area contributed by atoms with Crippen LogP contribution in [0, 0.1) is 0 Å². The number of likely N-dealkylation sites (N-methyl/N-ethyl adjacent to an activating group) is 2. The van der Waals surface area contributed by atoms with Crippen LogP contribution in [0.2, 0.25) is 0 Å². The summed E-state index contributed by atoms with van der Waals surface area (Å²) in [5.41, 5.74) is 0. The molecule has 0 bridgehead atoms. The van der Waals surface area contributed by atoms with E-state index in [1.54, 1.807) is 0 Å². The van der Waals surface area contributed by atoms with Gasteiger partial charge in [0.25, 0.3) is 0 Å².